The third kappa shape index (κ3) is 3.80. The lowest BCUT2D eigenvalue weighted by Gasteiger charge is -2.15. The van der Waals surface area contributed by atoms with Gasteiger partial charge in [-0.05, 0) is 53.7 Å². The molecule has 6 nitrogen and oxygen atoms in total. The van der Waals surface area contributed by atoms with Crippen LogP contribution in [0.25, 0.3) is 0 Å². The fraction of sp³-hybridized carbons (Fsp3) is 0.118. The molecule has 2 aromatic rings. The van der Waals surface area contributed by atoms with Crippen LogP contribution in [0.5, 0.6) is 0 Å². The Hall–Kier alpha value is -2.87. The van der Waals surface area contributed by atoms with E-state index in [-0.39, 0.29) is 12.1 Å². The van der Waals surface area contributed by atoms with Crippen LogP contribution in [0.4, 0.5) is 14.9 Å². The zero-order chi connectivity index (χ0) is 18.0. The van der Waals surface area contributed by atoms with Crippen LogP contribution in [0.3, 0.4) is 0 Å². The highest BCUT2D eigenvalue weighted by molar-refractivity contribution is 8.15. The standard InChI is InChI=1S/C17H13FN2O4S/c18-12-5-7-13(8-6-12)19-14-15(21)20(17(24)25-14)9-10-1-3-11(4-2-10)16(22)23/h1-8,14,19H,9H2,(H,22,23). The summed E-state index contributed by atoms with van der Waals surface area (Å²) in [6.45, 7) is 0.0617. The SMILES string of the molecule is O=C(O)c1ccc(CN2C(=O)SC(Nc3ccc(F)cc3)C2=O)cc1. The quantitative estimate of drug-likeness (QED) is 0.852. The van der Waals surface area contributed by atoms with E-state index in [2.05, 4.69) is 5.32 Å². The highest BCUT2D eigenvalue weighted by atomic mass is 32.2. The Morgan fingerprint density at radius 1 is 1.12 bits per heavy atom. The number of rotatable bonds is 5. The zero-order valence-corrected chi connectivity index (χ0v) is 13.6. The molecule has 3 rings (SSSR count). The van der Waals surface area contributed by atoms with E-state index in [0.717, 1.165) is 16.7 Å². The van der Waals surface area contributed by atoms with E-state index in [4.69, 9.17) is 5.11 Å². The van der Waals surface area contributed by atoms with Crippen LogP contribution < -0.4 is 5.32 Å². The summed E-state index contributed by atoms with van der Waals surface area (Å²) in [5.41, 5.74) is 1.32. The van der Waals surface area contributed by atoms with Crippen molar-refractivity contribution in [2.45, 2.75) is 11.9 Å². The van der Waals surface area contributed by atoms with Crippen molar-refractivity contribution in [3.05, 3.63) is 65.5 Å². The van der Waals surface area contributed by atoms with Gasteiger partial charge in [-0.3, -0.25) is 14.5 Å². The molecule has 2 aromatic carbocycles. The maximum atomic E-state index is 12.9. The third-order valence-electron chi connectivity index (χ3n) is 3.61. The van der Waals surface area contributed by atoms with E-state index in [1.54, 1.807) is 12.1 Å². The molecule has 0 spiro atoms. The van der Waals surface area contributed by atoms with Crippen molar-refractivity contribution in [3.63, 3.8) is 0 Å². The topological polar surface area (TPSA) is 86.7 Å². The van der Waals surface area contributed by atoms with Crippen molar-refractivity contribution in [2.75, 3.05) is 5.32 Å². The number of hydrogen-bond acceptors (Lipinski definition) is 5. The van der Waals surface area contributed by atoms with E-state index < -0.39 is 28.3 Å². The number of aromatic carboxylic acids is 1. The molecule has 1 aliphatic rings. The monoisotopic (exact) mass is 360 g/mol. The average Bonchev–Trinajstić information content (AvgIpc) is 2.85. The van der Waals surface area contributed by atoms with Crippen LogP contribution in [0.2, 0.25) is 0 Å². The summed E-state index contributed by atoms with van der Waals surface area (Å²) < 4.78 is 12.9. The second-order valence-electron chi connectivity index (χ2n) is 5.34. The summed E-state index contributed by atoms with van der Waals surface area (Å²) in [7, 11) is 0. The van der Waals surface area contributed by atoms with E-state index >= 15 is 0 Å². The molecule has 0 bridgehead atoms. The number of nitrogens with one attached hydrogen (secondary N) is 1. The van der Waals surface area contributed by atoms with E-state index in [0.29, 0.717) is 11.3 Å². The fourth-order valence-corrected chi connectivity index (χ4v) is 3.22. The van der Waals surface area contributed by atoms with E-state index in [1.807, 2.05) is 0 Å². The highest BCUT2D eigenvalue weighted by Crippen LogP contribution is 2.29. The Labute approximate surface area is 146 Å². The molecule has 2 amide bonds. The highest BCUT2D eigenvalue weighted by Gasteiger charge is 2.39. The molecule has 1 unspecified atom stereocenters. The molecule has 0 aromatic heterocycles. The Bertz CT molecular complexity index is 824. The lowest BCUT2D eigenvalue weighted by atomic mass is 10.1. The second kappa shape index (κ2) is 6.94. The summed E-state index contributed by atoms with van der Waals surface area (Å²) in [6, 6.07) is 11.5. The molecule has 0 saturated carbocycles. The summed E-state index contributed by atoms with van der Waals surface area (Å²) in [4.78, 5) is 36.5. The molecule has 0 aliphatic carbocycles. The van der Waals surface area contributed by atoms with Gasteiger partial charge in [0.15, 0.2) is 5.37 Å². The summed E-state index contributed by atoms with van der Waals surface area (Å²) >= 11 is 0.847. The van der Waals surface area contributed by atoms with Crippen LogP contribution in [-0.4, -0.2) is 32.5 Å². The zero-order valence-electron chi connectivity index (χ0n) is 12.8. The number of carbonyl (C=O) groups excluding carboxylic acids is 2. The second-order valence-corrected chi connectivity index (χ2v) is 6.40. The molecule has 1 heterocycles. The smallest absolute Gasteiger partial charge is 0.335 e. The van der Waals surface area contributed by atoms with Gasteiger partial charge in [0.05, 0.1) is 12.1 Å². The van der Waals surface area contributed by atoms with Gasteiger partial charge in [-0.1, -0.05) is 12.1 Å². The van der Waals surface area contributed by atoms with E-state index in [9.17, 15) is 18.8 Å². The number of carboxylic acid groups (broad SMARTS) is 1. The van der Waals surface area contributed by atoms with Gasteiger partial charge in [0.25, 0.3) is 11.1 Å². The Morgan fingerprint density at radius 2 is 1.76 bits per heavy atom. The molecule has 128 valence electrons. The largest absolute Gasteiger partial charge is 0.478 e. The lowest BCUT2D eigenvalue weighted by molar-refractivity contribution is -0.126. The number of carboxylic acids is 1. The van der Waals surface area contributed by atoms with Crippen molar-refractivity contribution < 1.29 is 23.9 Å². The first-order chi connectivity index (χ1) is 11.9. The van der Waals surface area contributed by atoms with Gasteiger partial charge in [0, 0.05) is 5.69 Å². The van der Waals surface area contributed by atoms with Crippen molar-refractivity contribution in [3.8, 4) is 0 Å². The maximum Gasteiger partial charge on any atom is 0.335 e. The lowest BCUT2D eigenvalue weighted by Crippen LogP contribution is -2.33. The van der Waals surface area contributed by atoms with Crippen LogP contribution in [0.1, 0.15) is 15.9 Å². The number of nitrogens with zero attached hydrogens (tertiary/aromatic N) is 1. The van der Waals surface area contributed by atoms with Crippen LogP contribution in [-0.2, 0) is 11.3 Å². The third-order valence-corrected chi connectivity index (χ3v) is 4.59. The minimum atomic E-state index is -1.04. The number of carbonyl (C=O) groups is 3. The molecule has 2 N–H and O–H groups in total. The van der Waals surface area contributed by atoms with Gasteiger partial charge < -0.3 is 10.4 Å². The Morgan fingerprint density at radius 3 is 2.36 bits per heavy atom. The number of halogens is 1. The van der Waals surface area contributed by atoms with Gasteiger partial charge in [0.2, 0.25) is 0 Å². The van der Waals surface area contributed by atoms with Gasteiger partial charge in [-0.25, -0.2) is 9.18 Å². The van der Waals surface area contributed by atoms with Gasteiger partial charge in [-0.15, -0.1) is 0 Å². The van der Waals surface area contributed by atoms with Gasteiger partial charge in [0.1, 0.15) is 5.82 Å². The number of anilines is 1. The predicted molar refractivity (Wildman–Crippen MR) is 90.7 cm³/mol. The minimum absolute atomic E-state index is 0.0617. The molecular weight excluding hydrogens is 347 g/mol. The maximum absolute atomic E-state index is 12.9. The van der Waals surface area contributed by atoms with Crippen LogP contribution in [0, 0.1) is 5.82 Å². The summed E-state index contributed by atoms with van der Waals surface area (Å²) in [5, 5.41) is 10.6. The molecule has 25 heavy (non-hydrogen) atoms. The van der Waals surface area contributed by atoms with Crippen molar-refractivity contribution in [1.29, 1.82) is 0 Å². The van der Waals surface area contributed by atoms with Crippen molar-refractivity contribution in [2.24, 2.45) is 0 Å². The first kappa shape index (κ1) is 17.0. The number of imide groups is 1. The summed E-state index contributed by atoms with van der Waals surface area (Å²) in [5.74, 6) is -1.83. The van der Waals surface area contributed by atoms with E-state index in [1.165, 1.54) is 36.4 Å². The average molecular weight is 360 g/mol. The van der Waals surface area contributed by atoms with Crippen LogP contribution >= 0.6 is 11.8 Å². The number of benzene rings is 2. The van der Waals surface area contributed by atoms with Gasteiger partial charge >= 0.3 is 5.97 Å². The molecule has 1 aliphatic heterocycles. The first-order valence-electron chi connectivity index (χ1n) is 7.30. The number of amides is 2. The molecular formula is C17H13FN2O4S. The molecule has 1 atom stereocenters. The Balaban J connectivity index is 1.68. The molecule has 8 heteroatoms. The van der Waals surface area contributed by atoms with Crippen molar-refractivity contribution in [1.82, 2.24) is 4.90 Å². The number of hydrogen-bond donors (Lipinski definition) is 2. The Kier molecular flexibility index (Phi) is 4.71. The van der Waals surface area contributed by atoms with Crippen LogP contribution in [0.15, 0.2) is 48.5 Å². The number of thioether (sulfide) groups is 1. The van der Waals surface area contributed by atoms with Crippen molar-refractivity contribution >= 4 is 34.6 Å². The minimum Gasteiger partial charge on any atom is -0.478 e. The molecule has 1 fully saturated rings. The fourth-order valence-electron chi connectivity index (χ4n) is 2.31. The molecule has 0 radical (unpaired) electrons. The summed E-state index contributed by atoms with van der Waals surface area (Å²) in [6.07, 6.45) is 0. The normalized spacial score (nSPS) is 17.0. The van der Waals surface area contributed by atoms with Gasteiger partial charge in [-0.2, -0.15) is 0 Å². The first-order valence-corrected chi connectivity index (χ1v) is 8.18. The molecule has 1 saturated heterocycles. The predicted octanol–water partition coefficient (Wildman–Crippen LogP) is 3.16.